The second kappa shape index (κ2) is 9.23. The molecule has 29 heavy (non-hydrogen) atoms. The monoisotopic (exact) mass is 411 g/mol. The molecule has 1 aliphatic rings. The minimum atomic E-state index is -0.115. The summed E-state index contributed by atoms with van der Waals surface area (Å²) in [6.45, 7) is 4.05. The first kappa shape index (κ1) is 21.1. The molecule has 1 fully saturated rings. The molecule has 0 atom stereocenters. The van der Waals surface area contributed by atoms with E-state index in [9.17, 15) is 4.79 Å². The number of nitriles is 1. The third kappa shape index (κ3) is 5.04. The molecule has 2 aromatic rings. The Labute approximate surface area is 176 Å². The van der Waals surface area contributed by atoms with Crippen LogP contribution in [0.15, 0.2) is 30.6 Å². The fourth-order valence-corrected chi connectivity index (χ4v) is 3.87. The van der Waals surface area contributed by atoms with Crippen molar-refractivity contribution in [2.75, 3.05) is 11.9 Å². The fourth-order valence-electron chi connectivity index (χ4n) is 3.65. The number of aromatic nitrogens is 2. The van der Waals surface area contributed by atoms with Gasteiger partial charge in [-0.1, -0.05) is 25.4 Å². The minimum absolute atomic E-state index is 0.115. The van der Waals surface area contributed by atoms with Gasteiger partial charge in [0, 0.05) is 43.1 Å². The molecule has 0 saturated heterocycles. The van der Waals surface area contributed by atoms with E-state index in [4.69, 9.17) is 16.9 Å². The van der Waals surface area contributed by atoms with Crippen molar-refractivity contribution in [1.82, 2.24) is 15.3 Å². The van der Waals surface area contributed by atoms with Crippen molar-refractivity contribution >= 4 is 23.2 Å². The number of halogens is 1. The highest BCUT2D eigenvalue weighted by Crippen LogP contribution is 2.29. The van der Waals surface area contributed by atoms with E-state index in [1.165, 1.54) is 0 Å². The van der Waals surface area contributed by atoms with Crippen molar-refractivity contribution in [3.63, 3.8) is 0 Å². The Hall–Kier alpha value is -2.65. The van der Waals surface area contributed by atoms with E-state index in [2.05, 4.69) is 33.3 Å². The van der Waals surface area contributed by atoms with Crippen LogP contribution in [-0.2, 0) is 0 Å². The molecule has 0 unspecified atom stereocenters. The molecule has 0 bridgehead atoms. The Morgan fingerprint density at radius 3 is 2.45 bits per heavy atom. The third-order valence-electron chi connectivity index (χ3n) is 5.51. The Balaban J connectivity index is 1.54. The molecule has 1 aromatic heterocycles. The second-order valence-electron chi connectivity index (χ2n) is 7.85. The zero-order valence-electron chi connectivity index (χ0n) is 17.0. The van der Waals surface area contributed by atoms with Crippen LogP contribution in [0, 0.1) is 11.3 Å². The number of amides is 1. The van der Waals surface area contributed by atoms with Gasteiger partial charge in [0.25, 0.3) is 5.91 Å². The molecule has 0 radical (unpaired) electrons. The van der Waals surface area contributed by atoms with Crippen molar-refractivity contribution in [1.29, 1.82) is 5.26 Å². The molecule has 1 saturated carbocycles. The molecule has 1 aliphatic carbocycles. The summed E-state index contributed by atoms with van der Waals surface area (Å²) in [7, 11) is 2.05. The summed E-state index contributed by atoms with van der Waals surface area (Å²) in [5.41, 5.74) is 1.99. The van der Waals surface area contributed by atoms with E-state index in [1.54, 1.807) is 18.5 Å². The van der Waals surface area contributed by atoms with Crippen LogP contribution in [0.2, 0.25) is 5.02 Å². The lowest BCUT2D eigenvalue weighted by Crippen LogP contribution is -2.43. The van der Waals surface area contributed by atoms with Crippen LogP contribution in [0.25, 0.3) is 0 Å². The standard InChI is InChI=1S/C22H26ClN5O/c1-14(2)21-25-12-16(13-26-21)22(29)27-17-5-8-18(9-6-17)28(3)19-7-4-15(11-24)20(23)10-19/h4,7,10,12-14,17-18H,5-6,8-9H2,1-3H3,(H,27,29). The SMILES string of the molecule is CC(C)c1ncc(C(=O)NC2CCC(N(C)c3ccc(C#N)c(Cl)c3)CC2)cn1. The maximum atomic E-state index is 12.5. The summed E-state index contributed by atoms with van der Waals surface area (Å²) in [6.07, 6.45) is 6.98. The quantitative estimate of drug-likeness (QED) is 0.792. The summed E-state index contributed by atoms with van der Waals surface area (Å²) in [5.74, 6) is 0.870. The van der Waals surface area contributed by atoms with Crippen molar-refractivity contribution in [2.24, 2.45) is 0 Å². The van der Waals surface area contributed by atoms with E-state index in [1.807, 2.05) is 26.0 Å². The third-order valence-corrected chi connectivity index (χ3v) is 5.82. The lowest BCUT2D eigenvalue weighted by molar-refractivity contribution is 0.0925. The smallest absolute Gasteiger partial charge is 0.254 e. The largest absolute Gasteiger partial charge is 0.372 e. The van der Waals surface area contributed by atoms with Crippen molar-refractivity contribution < 1.29 is 4.79 Å². The van der Waals surface area contributed by atoms with Crippen LogP contribution >= 0.6 is 11.6 Å². The number of hydrogen-bond donors (Lipinski definition) is 1. The van der Waals surface area contributed by atoms with Crippen LogP contribution in [0.4, 0.5) is 5.69 Å². The minimum Gasteiger partial charge on any atom is -0.372 e. The second-order valence-corrected chi connectivity index (χ2v) is 8.26. The lowest BCUT2D eigenvalue weighted by atomic mass is 9.90. The topological polar surface area (TPSA) is 81.9 Å². The Bertz CT molecular complexity index is 898. The van der Waals surface area contributed by atoms with E-state index in [-0.39, 0.29) is 17.9 Å². The summed E-state index contributed by atoms with van der Waals surface area (Å²) >= 11 is 6.17. The highest BCUT2D eigenvalue weighted by Gasteiger charge is 2.26. The molecule has 1 heterocycles. The number of nitrogens with zero attached hydrogens (tertiary/aromatic N) is 4. The molecule has 6 nitrogen and oxygen atoms in total. The number of carbonyl (C=O) groups excluding carboxylic acids is 1. The van der Waals surface area contributed by atoms with Gasteiger partial charge in [0.2, 0.25) is 0 Å². The van der Waals surface area contributed by atoms with Gasteiger partial charge < -0.3 is 10.2 Å². The zero-order valence-corrected chi connectivity index (χ0v) is 17.8. The van der Waals surface area contributed by atoms with Gasteiger partial charge in [-0.05, 0) is 43.9 Å². The number of benzene rings is 1. The van der Waals surface area contributed by atoms with Crippen LogP contribution in [0.3, 0.4) is 0 Å². The summed E-state index contributed by atoms with van der Waals surface area (Å²) in [4.78, 5) is 23.2. The van der Waals surface area contributed by atoms with E-state index in [0.29, 0.717) is 22.2 Å². The van der Waals surface area contributed by atoms with Gasteiger partial charge in [-0.3, -0.25) is 4.79 Å². The predicted octanol–water partition coefficient (Wildman–Crippen LogP) is 4.30. The summed E-state index contributed by atoms with van der Waals surface area (Å²) in [6, 6.07) is 8.15. The Morgan fingerprint density at radius 2 is 1.90 bits per heavy atom. The molecule has 1 aromatic carbocycles. The van der Waals surface area contributed by atoms with Gasteiger partial charge in [0.05, 0.1) is 16.1 Å². The predicted molar refractivity (Wildman–Crippen MR) is 114 cm³/mol. The number of carbonyl (C=O) groups is 1. The molecule has 152 valence electrons. The van der Waals surface area contributed by atoms with Gasteiger partial charge in [-0.15, -0.1) is 0 Å². The molecule has 1 amide bonds. The van der Waals surface area contributed by atoms with Gasteiger partial charge in [-0.2, -0.15) is 5.26 Å². The van der Waals surface area contributed by atoms with Crippen LogP contribution in [0.1, 0.15) is 67.2 Å². The Morgan fingerprint density at radius 1 is 1.24 bits per heavy atom. The van der Waals surface area contributed by atoms with E-state index < -0.39 is 0 Å². The first-order valence-corrected chi connectivity index (χ1v) is 10.3. The van der Waals surface area contributed by atoms with Crippen molar-refractivity contribution in [3.05, 3.63) is 52.6 Å². The molecule has 3 rings (SSSR count). The number of nitrogens with one attached hydrogen (secondary N) is 1. The van der Waals surface area contributed by atoms with Gasteiger partial charge >= 0.3 is 0 Å². The highest BCUT2D eigenvalue weighted by molar-refractivity contribution is 6.32. The normalized spacial score (nSPS) is 18.9. The highest BCUT2D eigenvalue weighted by atomic mass is 35.5. The lowest BCUT2D eigenvalue weighted by Gasteiger charge is -2.36. The molecule has 0 spiro atoms. The average Bonchev–Trinajstić information content (AvgIpc) is 2.73. The van der Waals surface area contributed by atoms with Crippen LogP contribution in [-0.4, -0.2) is 35.0 Å². The summed E-state index contributed by atoms with van der Waals surface area (Å²) in [5, 5.41) is 12.6. The number of hydrogen-bond acceptors (Lipinski definition) is 5. The molecular formula is C22H26ClN5O. The molecule has 7 heteroatoms. The first-order valence-electron chi connectivity index (χ1n) is 9.94. The van der Waals surface area contributed by atoms with Gasteiger partial charge in [-0.25, -0.2) is 9.97 Å². The number of anilines is 1. The van der Waals surface area contributed by atoms with Crippen molar-refractivity contribution in [2.45, 2.75) is 57.5 Å². The van der Waals surface area contributed by atoms with Gasteiger partial charge in [0.1, 0.15) is 11.9 Å². The molecule has 1 N–H and O–H groups in total. The van der Waals surface area contributed by atoms with Crippen LogP contribution in [0.5, 0.6) is 0 Å². The maximum absolute atomic E-state index is 12.5. The van der Waals surface area contributed by atoms with E-state index >= 15 is 0 Å². The maximum Gasteiger partial charge on any atom is 0.254 e. The van der Waals surface area contributed by atoms with E-state index in [0.717, 1.165) is 37.2 Å². The van der Waals surface area contributed by atoms with Gasteiger partial charge in [0.15, 0.2) is 0 Å². The fraction of sp³-hybridized carbons (Fsp3) is 0.455. The summed E-state index contributed by atoms with van der Waals surface area (Å²) < 4.78 is 0. The number of rotatable bonds is 5. The first-order chi connectivity index (χ1) is 13.9. The Kier molecular flexibility index (Phi) is 6.71. The molecular weight excluding hydrogens is 386 g/mol. The molecule has 0 aliphatic heterocycles. The van der Waals surface area contributed by atoms with Crippen molar-refractivity contribution in [3.8, 4) is 6.07 Å². The zero-order chi connectivity index (χ0) is 21.0. The van der Waals surface area contributed by atoms with Crippen LogP contribution < -0.4 is 10.2 Å². The average molecular weight is 412 g/mol.